The van der Waals surface area contributed by atoms with Gasteiger partial charge in [0.15, 0.2) is 0 Å². The number of carbonyl (C=O) groups is 1. The Balaban J connectivity index is 2.94. The third-order valence-electron chi connectivity index (χ3n) is 1.70. The summed E-state index contributed by atoms with van der Waals surface area (Å²) in [6.07, 6.45) is -2.37. The second-order valence-electron chi connectivity index (χ2n) is 2.94. The van der Waals surface area contributed by atoms with E-state index >= 15 is 0 Å². The van der Waals surface area contributed by atoms with Crippen molar-refractivity contribution in [1.82, 2.24) is 0 Å². The van der Waals surface area contributed by atoms with Gasteiger partial charge in [-0.05, 0) is 0 Å². The molecule has 1 aromatic carbocycles. The van der Waals surface area contributed by atoms with E-state index in [9.17, 15) is 23.7 Å². The van der Waals surface area contributed by atoms with E-state index in [1.165, 1.54) is 6.07 Å². The summed E-state index contributed by atoms with van der Waals surface area (Å²) in [5.41, 5.74) is -0.264. The van der Waals surface area contributed by atoms with E-state index < -0.39 is 18.0 Å². The van der Waals surface area contributed by atoms with E-state index in [-0.39, 0.29) is 17.1 Å². The lowest BCUT2D eigenvalue weighted by atomic mass is 10.2. The van der Waals surface area contributed by atoms with E-state index in [1.807, 2.05) is 0 Å². The number of nitro groups is 1. The predicted octanol–water partition coefficient (Wildman–Crippen LogP) is 1.81. The minimum Gasteiger partial charge on any atom is -0.487 e. The highest BCUT2D eigenvalue weighted by Crippen LogP contribution is 2.25. The normalized spacial score (nSPS) is 10.1. The van der Waals surface area contributed by atoms with Gasteiger partial charge in [-0.15, -0.1) is 0 Å². The first-order valence-corrected chi connectivity index (χ1v) is 4.43. The molecule has 0 fully saturated rings. The van der Waals surface area contributed by atoms with E-state index in [0.717, 1.165) is 12.1 Å². The summed E-state index contributed by atoms with van der Waals surface area (Å²) < 4.78 is 28.4. The standard InChI is InChI=1S/C9H8F2N2O4/c10-9(11)4-17-8-2-6(12-5-14)1-7(3-8)13(15)16/h1-3,5,9H,4H2,(H,12,14). The van der Waals surface area contributed by atoms with Crippen molar-refractivity contribution >= 4 is 17.8 Å². The number of alkyl halides is 2. The third kappa shape index (κ3) is 4.01. The van der Waals surface area contributed by atoms with Crippen LogP contribution in [0.3, 0.4) is 0 Å². The number of ether oxygens (including phenoxy) is 1. The van der Waals surface area contributed by atoms with E-state index in [1.54, 1.807) is 0 Å². The molecule has 0 aromatic heterocycles. The fourth-order valence-electron chi connectivity index (χ4n) is 1.08. The van der Waals surface area contributed by atoms with Gasteiger partial charge >= 0.3 is 0 Å². The number of nitrogens with one attached hydrogen (secondary N) is 1. The van der Waals surface area contributed by atoms with Crippen LogP contribution in [0.1, 0.15) is 0 Å². The first kappa shape index (κ1) is 12.8. The van der Waals surface area contributed by atoms with E-state index in [2.05, 4.69) is 10.1 Å². The monoisotopic (exact) mass is 246 g/mol. The van der Waals surface area contributed by atoms with Crippen molar-refractivity contribution in [3.05, 3.63) is 28.3 Å². The van der Waals surface area contributed by atoms with Crippen molar-refractivity contribution in [2.75, 3.05) is 11.9 Å². The molecule has 0 aliphatic rings. The third-order valence-corrected chi connectivity index (χ3v) is 1.70. The smallest absolute Gasteiger partial charge is 0.275 e. The number of amides is 1. The van der Waals surface area contributed by atoms with Gasteiger partial charge in [-0.25, -0.2) is 8.78 Å². The molecule has 1 aromatic rings. The van der Waals surface area contributed by atoms with Crippen molar-refractivity contribution in [1.29, 1.82) is 0 Å². The molecule has 0 saturated carbocycles. The molecule has 1 amide bonds. The van der Waals surface area contributed by atoms with Crippen molar-refractivity contribution in [2.45, 2.75) is 6.43 Å². The van der Waals surface area contributed by atoms with Crippen molar-refractivity contribution in [3.63, 3.8) is 0 Å². The summed E-state index contributed by atoms with van der Waals surface area (Å²) in [5, 5.41) is 12.7. The number of nitro benzene ring substituents is 1. The van der Waals surface area contributed by atoms with Crippen molar-refractivity contribution in [2.24, 2.45) is 0 Å². The molecule has 17 heavy (non-hydrogen) atoms. The molecule has 0 saturated heterocycles. The predicted molar refractivity (Wildman–Crippen MR) is 54.3 cm³/mol. The molecule has 92 valence electrons. The molecule has 0 heterocycles. The lowest BCUT2D eigenvalue weighted by Gasteiger charge is -2.07. The molecule has 0 aliphatic carbocycles. The number of benzene rings is 1. The molecule has 0 radical (unpaired) electrons. The number of hydrogen-bond acceptors (Lipinski definition) is 4. The van der Waals surface area contributed by atoms with Gasteiger partial charge in [0.2, 0.25) is 6.41 Å². The topological polar surface area (TPSA) is 81.5 Å². The lowest BCUT2D eigenvalue weighted by Crippen LogP contribution is -2.07. The van der Waals surface area contributed by atoms with Gasteiger partial charge in [-0.2, -0.15) is 0 Å². The van der Waals surface area contributed by atoms with Crippen LogP contribution < -0.4 is 10.1 Å². The Kier molecular flexibility index (Phi) is 4.32. The Hall–Kier alpha value is -2.25. The summed E-state index contributed by atoms with van der Waals surface area (Å²) in [6.45, 7) is -0.873. The molecule has 0 spiro atoms. The molecule has 1 rings (SSSR count). The fraction of sp³-hybridized carbons (Fsp3) is 0.222. The molecule has 0 bridgehead atoms. The average molecular weight is 246 g/mol. The largest absolute Gasteiger partial charge is 0.487 e. The molecular formula is C9H8F2N2O4. The van der Waals surface area contributed by atoms with Gasteiger partial charge in [0.1, 0.15) is 12.4 Å². The Bertz CT molecular complexity index is 425. The SMILES string of the molecule is O=CNc1cc(OCC(F)F)cc([N+](=O)[O-])c1. The number of halogens is 2. The minimum atomic E-state index is -2.68. The van der Waals surface area contributed by atoms with Gasteiger partial charge in [0.25, 0.3) is 12.1 Å². The maximum Gasteiger partial charge on any atom is 0.275 e. The Morgan fingerprint density at radius 1 is 1.47 bits per heavy atom. The summed E-state index contributed by atoms with van der Waals surface area (Å²) in [4.78, 5) is 20.0. The quantitative estimate of drug-likeness (QED) is 0.471. The summed E-state index contributed by atoms with van der Waals surface area (Å²) in [6, 6.07) is 3.30. The zero-order valence-electron chi connectivity index (χ0n) is 8.43. The molecule has 1 N–H and O–H groups in total. The lowest BCUT2D eigenvalue weighted by molar-refractivity contribution is -0.384. The van der Waals surface area contributed by atoms with Gasteiger partial charge < -0.3 is 10.1 Å². The van der Waals surface area contributed by atoms with Gasteiger partial charge in [-0.1, -0.05) is 0 Å². The van der Waals surface area contributed by atoms with Crippen LogP contribution in [0.4, 0.5) is 20.2 Å². The van der Waals surface area contributed by atoms with Gasteiger partial charge in [0.05, 0.1) is 16.7 Å². The van der Waals surface area contributed by atoms with Crippen LogP contribution in [0.25, 0.3) is 0 Å². The fourth-order valence-corrected chi connectivity index (χ4v) is 1.08. The van der Waals surface area contributed by atoms with Crippen LogP contribution in [0, 0.1) is 10.1 Å². The highest BCUT2D eigenvalue weighted by molar-refractivity contribution is 5.73. The van der Waals surface area contributed by atoms with Crippen LogP contribution in [0.15, 0.2) is 18.2 Å². The Morgan fingerprint density at radius 3 is 2.71 bits per heavy atom. The minimum absolute atomic E-state index is 0.0958. The second kappa shape index (κ2) is 5.73. The van der Waals surface area contributed by atoms with E-state index in [0.29, 0.717) is 6.41 Å². The van der Waals surface area contributed by atoms with Gasteiger partial charge in [0, 0.05) is 12.1 Å². The number of non-ortho nitro benzene ring substituents is 1. The number of rotatable bonds is 6. The number of anilines is 1. The Labute approximate surface area is 94.3 Å². The van der Waals surface area contributed by atoms with Crippen LogP contribution in [-0.4, -0.2) is 24.4 Å². The molecule has 0 unspecified atom stereocenters. The highest BCUT2D eigenvalue weighted by atomic mass is 19.3. The van der Waals surface area contributed by atoms with Crippen LogP contribution in [-0.2, 0) is 4.79 Å². The highest BCUT2D eigenvalue weighted by Gasteiger charge is 2.12. The maximum absolute atomic E-state index is 11.9. The van der Waals surface area contributed by atoms with Gasteiger partial charge in [-0.3, -0.25) is 14.9 Å². The Morgan fingerprint density at radius 2 is 2.18 bits per heavy atom. The van der Waals surface area contributed by atoms with Crippen molar-refractivity contribution < 1.29 is 23.2 Å². The first-order chi connectivity index (χ1) is 8.02. The van der Waals surface area contributed by atoms with E-state index in [4.69, 9.17) is 0 Å². The summed E-state index contributed by atoms with van der Waals surface area (Å²) >= 11 is 0. The molecular weight excluding hydrogens is 238 g/mol. The zero-order chi connectivity index (χ0) is 12.8. The first-order valence-electron chi connectivity index (χ1n) is 4.43. The molecule has 6 nitrogen and oxygen atoms in total. The van der Waals surface area contributed by atoms with Crippen LogP contribution in [0.5, 0.6) is 5.75 Å². The number of nitrogens with zero attached hydrogens (tertiary/aromatic N) is 1. The average Bonchev–Trinajstić information content (AvgIpc) is 2.26. The number of carbonyl (C=O) groups excluding carboxylic acids is 1. The van der Waals surface area contributed by atoms with Crippen LogP contribution in [0.2, 0.25) is 0 Å². The summed E-state index contributed by atoms with van der Waals surface area (Å²) in [7, 11) is 0. The molecule has 0 atom stereocenters. The maximum atomic E-state index is 11.9. The molecule has 8 heteroatoms. The molecule has 0 aliphatic heterocycles. The zero-order valence-corrected chi connectivity index (χ0v) is 8.43. The van der Waals surface area contributed by atoms with Crippen LogP contribution >= 0.6 is 0 Å². The van der Waals surface area contributed by atoms with Crippen molar-refractivity contribution in [3.8, 4) is 5.75 Å². The number of hydrogen-bond donors (Lipinski definition) is 1. The summed E-state index contributed by atoms with van der Waals surface area (Å²) in [5.74, 6) is -0.108. The second-order valence-corrected chi connectivity index (χ2v) is 2.94.